The van der Waals surface area contributed by atoms with E-state index < -0.39 is 28.7 Å². The number of rotatable bonds is 14. The number of nitrogens with zero attached hydrogens (tertiary/aromatic N) is 3. The zero-order chi connectivity index (χ0) is 34.7. The molecule has 3 aromatic carbocycles. The Morgan fingerprint density at radius 3 is 2.27 bits per heavy atom. The number of fused-ring (bicyclic) bond motifs is 1. The third-order valence-electron chi connectivity index (χ3n) is 10.3. The van der Waals surface area contributed by atoms with Crippen molar-refractivity contribution in [3.05, 3.63) is 121 Å². The zero-order valence-electron chi connectivity index (χ0n) is 28.2. The van der Waals surface area contributed by atoms with E-state index in [0.717, 1.165) is 11.1 Å². The highest BCUT2D eigenvalue weighted by molar-refractivity contribution is 8.02. The van der Waals surface area contributed by atoms with Crippen LogP contribution in [0, 0.1) is 17.8 Å². The standard InChI is InChI=1S/C40H45N3O5S/c1-5-22-41(25-28-14-10-8-11-15-28)39(47)36-40-27(4)24-33(49-40)34(35(40)38(46)43(36)32(26-44)29-16-12-9-13-17-29)37(45)42(23-6-2)30-18-20-31(21-19-30)48-7-3/h5-6,8-21,27,32-36,44H,1-2,7,22-26H2,3-4H3/t27?,32-,33+,34-,35+,36?,40?/m1/s1. The van der Waals surface area contributed by atoms with Crippen molar-refractivity contribution in [1.82, 2.24) is 9.80 Å². The third kappa shape index (κ3) is 6.08. The normalized spacial score (nSPS) is 25.8. The molecule has 3 aromatic rings. The number of hydrogen-bond donors (Lipinski definition) is 1. The summed E-state index contributed by atoms with van der Waals surface area (Å²) in [6.45, 7) is 13.0. The first-order valence-corrected chi connectivity index (χ1v) is 17.9. The molecule has 3 saturated heterocycles. The van der Waals surface area contributed by atoms with Crippen LogP contribution in [-0.4, -0.2) is 75.0 Å². The molecular weight excluding hydrogens is 635 g/mol. The third-order valence-corrected chi connectivity index (χ3v) is 12.4. The van der Waals surface area contributed by atoms with E-state index in [1.807, 2.05) is 91.9 Å². The number of amides is 3. The second-order valence-electron chi connectivity index (χ2n) is 13.1. The van der Waals surface area contributed by atoms with Gasteiger partial charge in [0.1, 0.15) is 11.8 Å². The van der Waals surface area contributed by atoms with Crippen molar-refractivity contribution < 1.29 is 24.2 Å². The van der Waals surface area contributed by atoms with E-state index in [0.29, 0.717) is 31.0 Å². The number of ether oxygens (including phenoxy) is 1. The molecule has 3 heterocycles. The van der Waals surface area contributed by atoms with E-state index in [-0.39, 0.29) is 48.6 Å². The highest BCUT2D eigenvalue weighted by atomic mass is 32.2. The van der Waals surface area contributed by atoms with Crippen molar-refractivity contribution in [3.63, 3.8) is 0 Å². The Balaban J connectivity index is 1.45. The lowest BCUT2D eigenvalue weighted by molar-refractivity contribution is -0.146. The molecule has 3 fully saturated rings. The van der Waals surface area contributed by atoms with Crippen LogP contribution >= 0.6 is 11.8 Å². The monoisotopic (exact) mass is 679 g/mol. The number of hydrogen-bond acceptors (Lipinski definition) is 6. The van der Waals surface area contributed by atoms with Crippen LogP contribution in [0.1, 0.15) is 37.4 Å². The van der Waals surface area contributed by atoms with Gasteiger partial charge in [-0.3, -0.25) is 14.4 Å². The first kappa shape index (κ1) is 34.5. The quantitative estimate of drug-likeness (QED) is 0.214. The van der Waals surface area contributed by atoms with Gasteiger partial charge in [-0.2, -0.15) is 0 Å². The minimum Gasteiger partial charge on any atom is -0.494 e. The van der Waals surface area contributed by atoms with E-state index >= 15 is 9.59 Å². The summed E-state index contributed by atoms with van der Waals surface area (Å²) >= 11 is 1.63. The molecule has 1 spiro atoms. The molecule has 3 unspecified atom stereocenters. The number of aliphatic hydroxyl groups is 1. The van der Waals surface area contributed by atoms with Crippen LogP contribution in [0.25, 0.3) is 0 Å². The van der Waals surface area contributed by atoms with Gasteiger partial charge in [-0.25, -0.2) is 0 Å². The molecule has 7 atom stereocenters. The predicted molar refractivity (Wildman–Crippen MR) is 194 cm³/mol. The number of aliphatic hydroxyl groups excluding tert-OH is 1. The molecule has 2 bridgehead atoms. The minimum absolute atomic E-state index is 0.0322. The maximum atomic E-state index is 15.1. The van der Waals surface area contributed by atoms with E-state index in [9.17, 15) is 9.90 Å². The summed E-state index contributed by atoms with van der Waals surface area (Å²) in [6, 6.07) is 24.9. The maximum Gasteiger partial charge on any atom is 0.247 e. The van der Waals surface area contributed by atoms with Crippen molar-refractivity contribution >= 4 is 35.2 Å². The van der Waals surface area contributed by atoms with Gasteiger partial charge < -0.3 is 24.5 Å². The second kappa shape index (κ2) is 14.6. The molecule has 6 rings (SSSR count). The molecule has 3 aliphatic heterocycles. The van der Waals surface area contributed by atoms with Crippen LogP contribution < -0.4 is 9.64 Å². The zero-order valence-corrected chi connectivity index (χ0v) is 29.0. The average molecular weight is 680 g/mol. The molecule has 3 amide bonds. The number of carbonyl (C=O) groups excluding carboxylic acids is 3. The number of benzene rings is 3. The summed E-state index contributed by atoms with van der Waals surface area (Å²) in [4.78, 5) is 50.1. The van der Waals surface area contributed by atoms with Gasteiger partial charge in [0.05, 0.1) is 35.8 Å². The first-order valence-electron chi connectivity index (χ1n) is 17.0. The van der Waals surface area contributed by atoms with Gasteiger partial charge in [0.25, 0.3) is 0 Å². The van der Waals surface area contributed by atoms with E-state index in [1.165, 1.54) is 0 Å². The summed E-state index contributed by atoms with van der Waals surface area (Å²) < 4.78 is 4.77. The highest BCUT2D eigenvalue weighted by Gasteiger charge is 2.77. The van der Waals surface area contributed by atoms with Crippen LogP contribution in [0.3, 0.4) is 0 Å². The predicted octanol–water partition coefficient (Wildman–Crippen LogP) is 5.89. The molecule has 0 saturated carbocycles. The van der Waals surface area contributed by atoms with Crippen LogP contribution in [0.4, 0.5) is 5.69 Å². The van der Waals surface area contributed by atoms with E-state index in [1.54, 1.807) is 38.6 Å². The number of carbonyl (C=O) groups is 3. The Kier molecular flexibility index (Phi) is 10.3. The Morgan fingerprint density at radius 1 is 1.00 bits per heavy atom. The summed E-state index contributed by atoms with van der Waals surface area (Å²) in [7, 11) is 0. The van der Waals surface area contributed by atoms with E-state index in [2.05, 4.69) is 20.1 Å². The largest absolute Gasteiger partial charge is 0.494 e. The van der Waals surface area contributed by atoms with Gasteiger partial charge in [0.2, 0.25) is 17.7 Å². The van der Waals surface area contributed by atoms with Gasteiger partial charge >= 0.3 is 0 Å². The van der Waals surface area contributed by atoms with Crippen molar-refractivity contribution in [2.45, 2.75) is 48.9 Å². The SMILES string of the molecule is C=CCN(Cc1ccccc1)C(=O)C1N([C@H](CO)c2ccccc2)C(=O)[C@@H]2[C@H](C(=O)N(CC=C)c3ccc(OCC)cc3)[C@@H]3CC(C)C12S3. The fourth-order valence-electron chi connectivity index (χ4n) is 8.27. The van der Waals surface area contributed by atoms with Crippen LogP contribution in [0.15, 0.2) is 110 Å². The van der Waals surface area contributed by atoms with Crippen molar-refractivity contribution in [3.8, 4) is 5.75 Å². The molecule has 0 radical (unpaired) electrons. The lowest BCUT2D eigenvalue weighted by Gasteiger charge is -2.42. The topological polar surface area (TPSA) is 90.4 Å². The minimum atomic E-state index is -0.896. The van der Waals surface area contributed by atoms with Gasteiger partial charge in [-0.15, -0.1) is 24.9 Å². The van der Waals surface area contributed by atoms with Gasteiger partial charge in [0.15, 0.2) is 0 Å². The lowest BCUT2D eigenvalue weighted by Crippen LogP contribution is -2.58. The summed E-state index contributed by atoms with van der Waals surface area (Å²) in [5.41, 5.74) is 2.39. The molecule has 3 aliphatic rings. The van der Waals surface area contributed by atoms with E-state index in [4.69, 9.17) is 4.74 Å². The van der Waals surface area contributed by atoms with Gasteiger partial charge in [-0.05, 0) is 54.7 Å². The van der Waals surface area contributed by atoms with Crippen molar-refractivity contribution in [2.75, 3.05) is 31.2 Å². The first-order chi connectivity index (χ1) is 23.8. The van der Waals surface area contributed by atoms with Crippen LogP contribution in [-0.2, 0) is 20.9 Å². The second-order valence-corrected chi connectivity index (χ2v) is 14.6. The molecule has 256 valence electrons. The molecule has 49 heavy (non-hydrogen) atoms. The molecule has 0 aromatic heterocycles. The Labute approximate surface area is 293 Å². The Bertz CT molecular complexity index is 1670. The maximum absolute atomic E-state index is 15.1. The molecule has 8 nitrogen and oxygen atoms in total. The van der Waals surface area contributed by atoms with Crippen LogP contribution in [0.5, 0.6) is 5.75 Å². The summed E-state index contributed by atoms with van der Waals surface area (Å²) in [6.07, 6.45) is 4.09. The Morgan fingerprint density at radius 2 is 1.65 bits per heavy atom. The van der Waals surface area contributed by atoms with Gasteiger partial charge in [0, 0.05) is 30.6 Å². The molecule has 9 heteroatoms. The fourth-order valence-corrected chi connectivity index (χ4v) is 10.7. The molecule has 1 N–H and O–H groups in total. The van der Waals surface area contributed by atoms with Crippen molar-refractivity contribution in [1.29, 1.82) is 0 Å². The number of likely N-dealkylation sites (tertiary alicyclic amines) is 1. The highest BCUT2D eigenvalue weighted by Crippen LogP contribution is 2.69. The summed E-state index contributed by atoms with van der Waals surface area (Å²) in [5, 5.41) is 10.8. The van der Waals surface area contributed by atoms with Gasteiger partial charge in [-0.1, -0.05) is 79.7 Å². The van der Waals surface area contributed by atoms with Crippen molar-refractivity contribution in [2.24, 2.45) is 17.8 Å². The number of anilines is 1. The molecular formula is C40H45N3O5S. The fraction of sp³-hybridized carbons (Fsp3) is 0.375. The molecule has 0 aliphatic carbocycles. The smallest absolute Gasteiger partial charge is 0.247 e. The van der Waals surface area contributed by atoms with Crippen LogP contribution in [0.2, 0.25) is 0 Å². The average Bonchev–Trinajstić information content (AvgIpc) is 3.72. The lowest BCUT2D eigenvalue weighted by atomic mass is 9.65. The number of thioether (sulfide) groups is 1. The summed E-state index contributed by atoms with van der Waals surface area (Å²) in [5.74, 6) is -1.34. The Hall–Kier alpha value is -4.34.